The molecule has 0 saturated carbocycles. The average Bonchev–Trinajstić information content (AvgIpc) is 2.77. The van der Waals surface area contributed by atoms with Gasteiger partial charge in [0.05, 0.1) is 12.1 Å². The summed E-state index contributed by atoms with van der Waals surface area (Å²) in [6.07, 6.45) is 3.59. The van der Waals surface area contributed by atoms with Crippen molar-refractivity contribution >= 4 is 0 Å². The lowest BCUT2D eigenvalue weighted by molar-refractivity contribution is 0.0422. The van der Waals surface area contributed by atoms with Crippen LogP contribution < -0.4 is 0 Å². The number of aliphatic hydroxyl groups excluding tert-OH is 1. The summed E-state index contributed by atoms with van der Waals surface area (Å²) in [5, 5.41) is 13.6. The molecule has 2 heterocycles. The van der Waals surface area contributed by atoms with Crippen molar-refractivity contribution < 1.29 is 9.63 Å². The number of aryl methyl sites for hydroxylation is 1. The van der Waals surface area contributed by atoms with Crippen molar-refractivity contribution in [2.75, 3.05) is 13.1 Å². The van der Waals surface area contributed by atoms with Gasteiger partial charge in [0.2, 0.25) is 5.89 Å². The van der Waals surface area contributed by atoms with Gasteiger partial charge in [-0.15, -0.1) is 0 Å². The van der Waals surface area contributed by atoms with Gasteiger partial charge in [-0.25, -0.2) is 0 Å². The Morgan fingerprint density at radius 2 is 2.41 bits per heavy atom. The first-order chi connectivity index (χ1) is 8.20. The number of aromatic nitrogens is 2. The minimum absolute atomic E-state index is 0.100. The van der Waals surface area contributed by atoms with Crippen LogP contribution in [0.5, 0.6) is 0 Å². The minimum atomic E-state index is -0.218. The van der Waals surface area contributed by atoms with Gasteiger partial charge < -0.3 is 9.63 Å². The molecule has 96 valence electrons. The van der Waals surface area contributed by atoms with E-state index in [4.69, 9.17) is 4.52 Å². The Morgan fingerprint density at radius 1 is 1.59 bits per heavy atom. The van der Waals surface area contributed by atoms with Crippen molar-refractivity contribution in [3.8, 4) is 0 Å². The van der Waals surface area contributed by atoms with Gasteiger partial charge >= 0.3 is 0 Å². The van der Waals surface area contributed by atoms with Crippen LogP contribution in [-0.2, 0) is 6.42 Å². The Bertz CT molecular complexity index is 353. The molecule has 1 fully saturated rings. The highest BCUT2D eigenvalue weighted by molar-refractivity contribution is 4.93. The summed E-state index contributed by atoms with van der Waals surface area (Å²) in [6, 6.07) is 0.100. The summed E-state index contributed by atoms with van der Waals surface area (Å²) in [5.41, 5.74) is 0. The van der Waals surface area contributed by atoms with Crippen molar-refractivity contribution in [1.82, 2.24) is 15.0 Å². The standard InChI is InChI=1S/C12H21N3O2/c1-3-5-11-13-12(17-14-11)9(2)15-7-4-6-10(16)8-15/h9-10,16H,3-8H2,1-2H3/t9-,10-/m0/s1. The Morgan fingerprint density at radius 3 is 3.12 bits per heavy atom. The third-order valence-corrected chi connectivity index (χ3v) is 3.29. The highest BCUT2D eigenvalue weighted by atomic mass is 16.5. The van der Waals surface area contributed by atoms with Crippen molar-refractivity contribution in [2.45, 2.75) is 51.7 Å². The summed E-state index contributed by atoms with van der Waals surface area (Å²) in [4.78, 5) is 6.60. The molecule has 17 heavy (non-hydrogen) atoms. The Hall–Kier alpha value is -0.940. The fraction of sp³-hybridized carbons (Fsp3) is 0.833. The SMILES string of the molecule is CCCc1noc([C@H](C)N2CCC[C@H](O)C2)n1. The number of likely N-dealkylation sites (tertiary alicyclic amines) is 1. The predicted molar refractivity (Wildman–Crippen MR) is 63.5 cm³/mol. The lowest BCUT2D eigenvalue weighted by atomic mass is 10.1. The van der Waals surface area contributed by atoms with E-state index in [-0.39, 0.29) is 12.1 Å². The van der Waals surface area contributed by atoms with Crippen LogP contribution in [0.15, 0.2) is 4.52 Å². The monoisotopic (exact) mass is 239 g/mol. The second kappa shape index (κ2) is 5.60. The average molecular weight is 239 g/mol. The van der Waals surface area contributed by atoms with Gasteiger partial charge in [0.1, 0.15) is 0 Å². The first kappa shape index (κ1) is 12.5. The van der Waals surface area contributed by atoms with Gasteiger partial charge in [0, 0.05) is 13.0 Å². The molecule has 0 spiro atoms. The molecule has 1 N–H and O–H groups in total. The van der Waals surface area contributed by atoms with Crippen LogP contribution in [-0.4, -0.2) is 39.3 Å². The van der Waals surface area contributed by atoms with E-state index in [1.165, 1.54) is 0 Å². The minimum Gasteiger partial charge on any atom is -0.392 e. The molecule has 5 nitrogen and oxygen atoms in total. The Kier molecular flexibility index (Phi) is 4.12. The molecular formula is C12H21N3O2. The molecule has 1 saturated heterocycles. The topological polar surface area (TPSA) is 62.4 Å². The number of piperidine rings is 1. The fourth-order valence-electron chi connectivity index (χ4n) is 2.25. The first-order valence-electron chi connectivity index (χ1n) is 6.45. The second-order valence-corrected chi connectivity index (χ2v) is 4.77. The molecule has 1 aromatic rings. The molecular weight excluding hydrogens is 218 g/mol. The van der Waals surface area contributed by atoms with E-state index in [0.29, 0.717) is 12.4 Å². The number of β-amino-alcohol motifs (C(OH)–C–C–N with tert-alkyl or cyclic N) is 1. The fourth-order valence-corrected chi connectivity index (χ4v) is 2.25. The van der Waals surface area contributed by atoms with Gasteiger partial charge in [0.15, 0.2) is 5.82 Å². The summed E-state index contributed by atoms with van der Waals surface area (Å²) < 4.78 is 5.28. The molecule has 1 aliphatic heterocycles. The molecule has 0 amide bonds. The zero-order valence-electron chi connectivity index (χ0n) is 10.6. The quantitative estimate of drug-likeness (QED) is 0.863. The first-order valence-corrected chi connectivity index (χ1v) is 6.45. The summed E-state index contributed by atoms with van der Waals surface area (Å²) in [5.74, 6) is 1.45. The van der Waals surface area contributed by atoms with E-state index in [2.05, 4.69) is 28.9 Å². The largest absolute Gasteiger partial charge is 0.392 e. The molecule has 1 aromatic heterocycles. The van der Waals surface area contributed by atoms with E-state index >= 15 is 0 Å². The zero-order valence-corrected chi connectivity index (χ0v) is 10.6. The third kappa shape index (κ3) is 3.04. The van der Waals surface area contributed by atoms with Crippen molar-refractivity contribution in [2.24, 2.45) is 0 Å². The van der Waals surface area contributed by atoms with E-state index in [0.717, 1.165) is 38.1 Å². The normalized spacial score (nSPS) is 23.8. The van der Waals surface area contributed by atoms with Crippen LogP contribution in [0.1, 0.15) is 50.9 Å². The molecule has 0 aliphatic carbocycles. The number of hydrogen-bond acceptors (Lipinski definition) is 5. The Labute approximate surface area is 102 Å². The maximum atomic E-state index is 9.66. The molecule has 0 unspecified atom stereocenters. The van der Waals surface area contributed by atoms with Crippen molar-refractivity contribution in [1.29, 1.82) is 0 Å². The maximum Gasteiger partial charge on any atom is 0.243 e. The van der Waals surface area contributed by atoms with Crippen LogP contribution in [0.3, 0.4) is 0 Å². The molecule has 0 bridgehead atoms. The van der Waals surface area contributed by atoms with E-state index in [1.54, 1.807) is 0 Å². The van der Waals surface area contributed by atoms with Gasteiger partial charge in [0.25, 0.3) is 0 Å². The number of rotatable bonds is 4. The van der Waals surface area contributed by atoms with Gasteiger partial charge in [-0.1, -0.05) is 12.1 Å². The van der Waals surface area contributed by atoms with Crippen LogP contribution in [0.25, 0.3) is 0 Å². The van der Waals surface area contributed by atoms with Crippen LogP contribution in [0.4, 0.5) is 0 Å². The maximum absolute atomic E-state index is 9.66. The molecule has 2 atom stereocenters. The zero-order chi connectivity index (χ0) is 12.3. The van der Waals surface area contributed by atoms with Crippen molar-refractivity contribution in [3.63, 3.8) is 0 Å². The molecule has 0 radical (unpaired) electrons. The Balaban J connectivity index is 1.99. The van der Waals surface area contributed by atoms with E-state index < -0.39 is 0 Å². The van der Waals surface area contributed by atoms with Crippen LogP contribution in [0.2, 0.25) is 0 Å². The summed E-state index contributed by atoms with van der Waals surface area (Å²) in [6.45, 7) is 5.85. The number of hydrogen-bond donors (Lipinski definition) is 1. The van der Waals surface area contributed by atoms with Crippen molar-refractivity contribution in [3.05, 3.63) is 11.7 Å². The second-order valence-electron chi connectivity index (χ2n) is 4.77. The van der Waals surface area contributed by atoms with Gasteiger partial charge in [-0.3, -0.25) is 4.90 Å². The summed E-state index contributed by atoms with van der Waals surface area (Å²) >= 11 is 0. The lowest BCUT2D eigenvalue weighted by Gasteiger charge is -2.32. The molecule has 0 aromatic carbocycles. The number of nitrogens with zero attached hydrogens (tertiary/aromatic N) is 3. The third-order valence-electron chi connectivity index (χ3n) is 3.29. The predicted octanol–water partition coefficient (Wildman–Crippen LogP) is 1.54. The van der Waals surface area contributed by atoms with E-state index in [1.807, 2.05) is 0 Å². The molecule has 5 heteroatoms. The van der Waals surface area contributed by atoms with Crippen LogP contribution in [0, 0.1) is 0 Å². The number of aliphatic hydroxyl groups is 1. The molecule has 2 rings (SSSR count). The molecule has 1 aliphatic rings. The van der Waals surface area contributed by atoms with E-state index in [9.17, 15) is 5.11 Å². The highest BCUT2D eigenvalue weighted by Gasteiger charge is 2.26. The van der Waals surface area contributed by atoms with Gasteiger partial charge in [-0.2, -0.15) is 4.98 Å². The summed E-state index contributed by atoms with van der Waals surface area (Å²) in [7, 11) is 0. The van der Waals surface area contributed by atoms with Crippen LogP contribution >= 0.6 is 0 Å². The highest BCUT2D eigenvalue weighted by Crippen LogP contribution is 2.23. The van der Waals surface area contributed by atoms with Gasteiger partial charge in [-0.05, 0) is 32.7 Å². The smallest absolute Gasteiger partial charge is 0.243 e. The lowest BCUT2D eigenvalue weighted by Crippen LogP contribution is -2.39.